The van der Waals surface area contributed by atoms with Crippen LogP contribution >= 0.6 is 11.8 Å². The predicted molar refractivity (Wildman–Crippen MR) is 40.4 cm³/mol. The highest BCUT2D eigenvalue weighted by molar-refractivity contribution is 8.14. The molecule has 0 atom stereocenters. The number of hydrogen-bond acceptors (Lipinski definition) is 2. The molecule has 1 nitrogen and oxygen atoms in total. The van der Waals surface area contributed by atoms with Crippen molar-refractivity contribution >= 4 is 16.8 Å². The number of thioether (sulfide) groups is 1. The zero-order chi connectivity index (χ0) is 11.2. The van der Waals surface area contributed by atoms with Gasteiger partial charge in [-0.1, -0.05) is 0 Å². The maximum absolute atomic E-state index is 12.2. The molecule has 1 aliphatic rings. The molecule has 0 aliphatic carbocycles. The summed E-state index contributed by atoms with van der Waals surface area (Å²) in [5.74, 6) is -1.12. The predicted octanol–water partition coefficient (Wildman–Crippen LogP) is 3.02. The summed E-state index contributed by atoms with van der Waals surface area (Å²) in [6, 6.07) is 0. The maximum atomic E-state index is 12.2. The molecule has 0 bridgehead atoms. The minimum Gasteiger partial charge on any atom is -0.257 e. The molecule has 0 saturated carbocycles. The minimum atomic E-state index is -5.39. The standard InChI is InChI=1S/C6H5F6NS/c1-3-13-4(2-14-3,5(7,8)9)6(10,11)12/h2H2,1H3. The summed E-state index contributed by atoms with van der Waals surface area (Å²) in [6.07, 6.45) is -10.8. The highest BCUT2D eigenvalue weighted by Crippen LogP contribution is 2.50. The zero-order valence-corrected chi connectivity index (χ0v) is 7.65. The Balaban J connectivity index is 3.19. The second-order valence-corrected chi connectivity index (χ2v) is 3.94. The average Bonchev–Trinajstić information content (AvgIpc) is 2.28. The van der Waals surface area contributed by atoms with Crippen molar-refractivity contribution in [3.63, 3.8) is 0 Å². The van der Waals surface area contributed by atoms with E-state index in [1.54, 1.807) is 0 Å². The molecule has 0 aromatic rings. The van der Waals surface area contributed by atoms with E-state index in [4.69, 9.17) is 0 Å². The van der Waals surface area contributed by atoms with Gasteiger partial charge in [-0.25, -0.2) is 0 Å². The number of rotatable bonds is 0. The summed E-state index contributed by atoms with van der Waals surface area (Å²) in [5, 5.41) is -0.195. The van der Waals surface area contributed by atoms with Crippen LogP contribution in [0.3, 0.4) is 0 Å². The van der Waals surface area contributed by atoms with E-state index in [9.17, 15) is 26.3 Å². The molecule has 0 amide bonds. The van der Waals surface area contributed by atoms with Gasteiger partial charge in [-0.05, 0) is 6.92 Å². The first-order valence-corrected chi connectivity index (χ1v) is 4.41. The van der Waals surface area contributed by atoms with E-state index >= 15 is 0 Å². The van der Waals surface area contributed by atoms with Crippen molar-refractivity contribution in [2.75, 3.05) is 5.75 Å². The van der Waals surface area contributed by atoms with E-state index in [1.165, 1.54) is 0 Å². The van der Waals surface area contributed by atoms with E-state index in [-0.39, 0.29) is 5.04 Å². The highest BCUT2D eigenvalue weighted by Gasteiger charge is 2.72. The van der Waals surface area contributed by atoms with Crippen LogP contribution in [0.4, 0.5) is 26.3 Å². The Bertz CT molecular complexity index is 250. The Morgan fingerprint density at radius 1 is 1.14 bits per heavy atom. The summed E-state index contributed by atoms with van der Waals surface area (Å²) >= 11 is 0.468. The lowest BCUT2D eigenvalue weighted by molar-refractivity contribution is -0.286. The van der Waals surface area contributed by atoms with Crippen molar-refractivity contribution in [3.05, 3.63) is 0 Å². The van der Waals surface area contributed by atoms with E-state index in [0.717, 1.165) is 6.92 Å². The molecule has 0 aromatic heterocycles. The molecule has 1 rings (SSSR count). The van der Waals surface area contributed by atoms with Crippen LogP contribution in [-0.4, -0.2) is 28.7 Å². The fourth-order valence-corrected chi connectivity index (χ4v) is 2.02. The normalized spacial score (nSPS) is 22.4. The Hall–Kier alpha value is -0.400. The van der Waals surface area contributed by atoms with Gasteiger partial charge in [0.25, 0.3) is 5.54 Å². The van der Waals surface area contributed by atoms with Crippen molar-refractivity contribution in [2.24, 2.45) is 4.99 Å². The molecule has 0 aromatic carbocycles. The van der Waals surface area contributed by atoms with E-state index in [2.05, 4.69) is 4.99 Å². The number of halogens is 6. The first-order chi connectivity index (χ1) is 6.10. The van der Waals surface area contributed by atoms with Crippen molar-refractivity contribution in [1.82, 2.24) is 0 Å². The van der Waals surface area contributed by atoms with Gasteiger partial charge in [0, 0.05) is 5.75 Å². The summed E-state index contributed by atoms with van der Waals surface area (Å²) in [5.41, 5.74) is -3.91. The van der Waals surface area contributed by atoms with Crippen LogP contribution in [0, 0.1) is 0 Å². The van der Waals surface area contributed by atoms with Crippen LogP contribution in [0.15, 0.2) is 4.99 Å². The van der Waals surface area contributed by atoms with Gasteiger partial charge in [0.05, 0.1) is 5.04 Å². The van der Waals surface area contributed by atoms with Crippen LogP contribution in [0.1, 0.15) is 6.92 Å². The number of alkyl halides is 6. The lowest BCUT2D eigenvalue weighted by Gasteiger charge is -2.30. The fraction of sp³-hybridized carbons (Fsp3) is 0.833. The quantitative estimate of drug-likeness (QED) is 0.590. The molecular weight excluding hydrogens is 232 g/mol. The van der Waals surface area contributed by atoms with E-state index in [0.29, 0.717) is 11.8 Å². The lowest BCUT2D eigenvalue weighted by Crippen LogP contribution is -2.56. The average molecular weight is 237 g/mol. The van der Waals surface area contributed by atoms with Crippen molar-refractivity contribution in [1.29, 1.82) is 0 Å². The smallest absolute Gasteiger partial charge is 0.257 e. The Kier molecular flexibility index (Phi) is 2.54. The van der Waals surface area contributed by atoms with Gasteiger partial charge in [0.1, 0.15) is 0 Å². The third-order valence-corrected chi connectivity index (χ3v) is 2.85. The molecule has 8 heteroatoms. The van der Waals surface area contributed by atoms with Crippen LogP contribution < -0.4 is 0 Å². The van der Waals surface area contributed by atoms with E-state index < -0.39 is 23.6 Å². The SMILES string of the molecule is CC1=NC(C(F)(F)F)(C(F)(F)F)CS1. The Morgan fingerprint density at radius 3 is 1.71 bits per heavy atom. The molecule has 0 unspecified atom stereocenters. The lowest BCUT2D eigenvalue weighted by atomic mass is 10.0. The first kappa shape index (κ1) is 11.7. The summed E-state index contributed by atoms with van der Waals surface area (Å²) < 4.78 is 73.5. The topological polar surface area (TPSA) is 12.4 Å². The molecule has 14 heavy (non-hydrogen) atoms. The molecular formula is C6H5F6NS. The second kappa shape index (κ2) is 3.04. The van der Waals surface area contributed by atoms with Gasteiger partial charge in [0.2, 0.25) is 0 Å². The van der Waals surface area contributed by atoms with Gasteiger partial charge in [-0.2, -0.15) is 26.3 Å². The molecule has 0 radical (unpaired) electrons. The van der Waals surface area contributed by atoms with Gasteiger partial charge in [-0.3, -0.25) is 4.99 Å². The van der Waals surface area contributed by atoms with Crippen molar-refractivity contribution in [3.8, 4) is 0 Å². The van der Waals surface area contributed by atoms with Crippen LogP contribution in [0.2, 0.25) is 0 Å². The number of hydrogen-bond donors (Lipinski definition) is 0. The maximum Gasteiger partial charge on any atom is 0.423 e. The molecule has 82 valence electrons. The van der Waals surface area contributed by atoms with Crippen molar-refractivity contribution in [2.45, 2.75) is 24.8 Å². The zero-order valence-electron chi connectivity index (χ0n) is 6.83. The third kappa shape index (κ3) is 1.59. The molecule has 0 saturated heterocycles. The minimum absolute atomic E-state index is 0.195. The van der Waals surface area contributed by atoms with Crippen LogP contribution in [0.5, 0.6) is 0 Å². The number of nitrogens with zero attached hydrogens (tertiary/aromatic N) is 1. The van der Waals surface area contributed by atoms with E-state index in [1.807, 2.05) is 0 Å². The Labute approximate surface area is 79.6 Å². The van der Waals surface area contributed by atoms with Crippen LogP contribution in [0.25, 0.3) is 0 Å². The molecule has 1 heterocycles. The highest BCUT2D eigenvalue weighted by atomic mass is 32.2. The van der Waals surface area contributed by atoms with Gasteiger partial charge >= 0.3 is 12.4 Å². The first-order valence-electron chi connectivity index (χ1n) is 3.43. The monoisotopic (exact) mass is 237 g/mol. The summed E-state index contributed by atoms with van der Waals surface area (Å²) in [4.78, 5) is 2.69. The van der Waals surface area contributed by atoms with Gasteiger partial charge in [0.15, 0.2) is 0 Å². The Morgan fingerprint density at radius 2 is 1.57 bits per heavy atom. The summed E-state index contributed by atoms with van der Waals surface area (Å²) in [6.45, 7) is 1.13. The summed E-state index contributed by atoms with van der Waals surface area (Å²) in [7, 11) is 0. The molecule has 1 aliphatic heterocycles. The second-order valence-electron chi connectivity index (χ2n) is 2.78. The fourth-order valence-electron chi connectivity index (χ4n) is 0.993. The molecule has 0 fully saturated rings. The molecule has 0 N–H and O–H groups in total. The van der Waals surface area contributed by atoms with Gasteiger partial charge in [-0.15, -0.1) is 11.8 Å². The van der Waals surface area contributed by atoms with Crippen molar-refractivity contribution < 1.29 is 26.3 Å². The number of aliphatic imine (C=N–C) groups is 1. The molecule has 0 spiro atoms. The largest absolute Gasteiger partial charge is 0.423 e. The van der Waals surface area contributed by atoms with Gasteiger partial charge < -0.3 is 0 Å². The van der Waals surface area contributed by atoms with Crippen LogP contribution in [-0.2, 0) is 0 Å². The third-order valence-electron chi connectivity index (χ3n) is 1.78.